The summed E-state index contributed by atoms with van der Waals surface area (Å²) in [6.07, 6.45) is 5.92. The van der Waals surface area contributed by atoms with E-state index in [-0.39, 0.29) is 17.2 Å². The van der Waals surface area contributed by atoms with Crippen molar-refractivity contribution in [1.82, 2.24) is 24.9 Å². The molecule has 2 aromatic rings. The first kappa shape index (κ1) is 17.6. The Morgan fingerprint density at radius 1 is 1.42 bits per heavy atom. The van der Waals surface area contributed by atoms with Crippen molar-refractivity contribution in [3.05, 3.63) is 23.5 Å². The number of rotatable bonds is 4. The molecule has 5 heterocycles. The van der Waals surface area contributed by atoms with Crippen LogP contribution in [-0.4, -0.2) is 49.9 Å². The first-order chi connectivity index (χ1) is 12.4. The van der Waals surface area contributed by atoms with Gasteiger partial charge in [0.15, 0.2) is 5.13 Å². The molecule has 140 valence electrons. The van der Waals surface area contributed by atoms with Gasteiger partial charge in [-0.1, -0.05) is 26.0 Å². The second kappa shape index (κ2) is 6.74. The van der Waals surface area contributed by atoms with Crippen LogP contribution in [0.4, 0.5) is 5.13 Å². The maximum absolute atomic E-state index is 12.6. The number of nitrogens with zero attached hydrogens (tertiary/aromatic N) is 5. The molecule has 1 unspecified atom stereocenters. The van der Waals surface area contributed by atoms with Gasteiger partial charge in [-0.25, -0.2) is 4.98 Å². The number of hydrogen-bond acceptors (Lipinski definition) is 6. The van der Waals surface area contributed by atoms with Gasteiger partial charge in [0, 0.05) is 35.8 Å². The lowest BCUT2D eigenvalue weighted by molar-refractivity contribution is -0.127. The van der Waals surface area contributed by atoms with Crippen molar-refractivity contribution in [2.24, 2.45) is 11.8 Å². The fourth-order valence-electron chi connectivity index (χ4n) is 4.06. The van der Waals surface area contributed by atoms with Crippen LogP contribution in [0.25, 0.3) is 0 Å². The second-order valence-electron chi connectivity index (χ2n) is 8.44. The summed E-state index contributed by atoms with van der Waals surface area (Å²) in [4.78, 5) is 19.2. The van der Waals surface area contributed by atoms with Gasteiger partial charge in [-0.15, -0.1) is 16.4 Å². The summed E-state index contributed by atoms with van der Waals surface area (Å²) in [7, 11) is 0. The summed E-state index contributed by atoms with van der Waals surface area (Å²) in [6.45, 7) is 9.20. The highest BCUT2D eigenvalue weighted by Crippen LogP contribution is 2.37. The number of carbonyl (C=O) groups excluding carboxylic acids is 1. The predicted molar refractivity (Wildman–Crippen MR) is 101 cm³/mol. The van der Waals surface area contributed by atoms with Crippen molar-refractivity contribution in [2.75, 3.05) is 18.4 Å². The SMILES string of the molecule is CC(C)(C)c1cn(C[C@H]2C[C@H]3CCN2C[C@@H]3C(=O)Nc2nccs2)nn1. The number of aromatic nitrogens is 4. The number of nitrogens with one attached hydrogen (secondary N) is 1. The van der Waals surface area contributed by atoms with Gasteiger partial charge in [-0.3, -0.25) is 14.4 Å². The minimum Gasteiger partial charge on any atom is -0.302 e. The van der Waals surface area contributed by atoms with Crippen LogP contribution in [0.5, 0.6) is 0 Å². The minimum atomic E-state index is 0.0170. The van der Waals surface area contributed by atoms with E-state index < -0.39 is 0 Å². The maximum atomic E-state index is 12.6. The highest BCUT2D eigenvalue weighted by atomic mass is 32.1. The zero-order chi connectivity index (χ0) is 18.3. The number of thiazole rings is 1. The Morgan fingerprint density at radius 3 is 2.88 bits per heavy atom. The fraction of sp³-hybridized carbons (Fsp3) is 0.667. The molecule has 0 aromatic carbocycles. The van der Waals surface area contributed by atoms with Gasteiger partial charge >= 0.3 is 0 Å². The average molecular weight is 375 g/mol. The predicted octanol–water partition coefficient (Wildman–Crippen LogP) is 2.38. The Balaban J connectivity index is 1.39. The molecular weight excluding hydrogens is 348 g/mol. The van der Waals surface area contributed by atoms with E-state index in [1.807, 2.05) is 10.1 Å². The summed E-state index contributed by atoms with van der Waals surface area (Å²) in [6, 6.07) is 0.437. The molecule has 1 amide bonds. The molecule has 26 heavy (non-hydrogen) atoms. The van der Waals surface area contributed by atoms with Crippen LogP contribution in [0.15, 0.2) is 17.8 Å². The third-order valence-electron chi connectivity index (χ3n) is 5.58. The summed E-state index contributed by atoms with van der Waals surface area (Å²) in [5.74, 6) is 0.615. The van der Waals surface area contributed by atoms with Crippen LogP contribution < -0.4 is 5.32 Å². The first-order valence-corrected chi connectivity index (χ1v) is 10.1. The van der Waals surface area contributed by atoms with E-state index in [9.17, 15) is 4.79 Å². The molecule has 1 N–H and O–H groups in total. The Hall–Kier alpha value is -1.80. The molecular formula is C18H26N6OS. The third-order valence-corrected chi connectivity index (χ3v) is 6.27. The van der Waals surface area contributed by atoms with Crippen LogP contribution >= 0.6 is 11.3 Å². The van der Waals surface area contributed by atoms with Crippen molar-refractivity contribution in [3.63, 3.8) is 0 Å². The molecule has 3 aliphatic heterocycles. The zero-order valence-corrected chi connectivity index (χ0v) is 16.4. The van der Waals surface area contributed by atoms with Gasteiger partial charge < -0.3 is 5.32 Å². The molecule has 3 aliphatic rings. The first-order valence-electron chi connectivity index (χ1n) is 9.25. The third kappa shape index (κ3) is 3.53. The lowest BCUT2D eigenvalue weighted by Gasteiger charge is -2.49. The van der Waals surface area contributed by atoms with Crippen molar-refractivity contribution < 1.29 is 4.79 Å². The molecule has 3 fully saturated rings. The maximum Gasteiger partial charge on any atom is 0.230 e. The molecule has 0 aliphatic carbocycles. The van der Waals surface area contributed by atoms with E-state index in [1.165, 1.54) is 11.3 Å². The van der Waals surface area contributed by atoms with Crippen LogP contribution in [0.3, 0.4) is 0 Å². The lowest BCUT2D eigenvalue weighted by Crippen LogP contribution is -2.57. The summed E-state index contributed by atoms with van der Waals surface area (Å²) in [5, 5.41) is 14.2. The Kier molecular flexibility index (Phi) is 4.56. The molecule has 7 nitrogen and oxygen atoms in total. The highest BCUT2D eigenvalue weighted by Gasteiger charge is 2.43. The number of anilines is 1. The monoisotopic (exact) mass is 374 g/mol. The van der Waals surface area contributed by atoms with E-state index in [2.05, 4.69) is 52.5 Å². The number of amides is 1. The van der Waals surface area contributed by atoms with Crippen LogP contribution in [0, 0.1) is 11.8 Å². The van der Waals surface area contributed by atoms with Gasteiger partial charge in [0.25, 0.3) is 0 Å². The molecule has 0 saturated carbocycles. The largest absolute Gasteiger partial charge is 0.302 e. The number of hydrogen-bond donors (Lipinski definition) is 1. The van der Waals surface area contributed by atoms with E-state index in [4.69, 9.17) is 0 Å². The Morgan fingerprint density at radius 2 is 2.27 bits per heavy atom. The molecule has 4 atom stereocenters. The summed E-state index contributed by atoms with van der Waals surface area (Å²) >= 11 is 1.47. The molecule has 2 aromatic heterocycles. The van der Waals surface area contributed by atoms with Crippen molar-refractivity contribution in [2.45, 2.75) is 51.6 Å². The smallest absolute Gasteiger partial charge is 0.230 e. The Bertz CT molecular complexity index is 765. The standard InChI is InChI=1S/C18H26N6OS/c1-18(2,3)15-11-24(22-21-15)9-13-8-12-4-6-23(13)10-14(12)16(25)20-17-19-5-7-26-17/h5,7,11-14H,4,6,8-10H2,1-3H3,(H,19,20,25)/t12-,13-,14+/m1/s1. The van der Waals surface area contributed by atoms with Crippen molar-refractivity contribution in [1.29, 1.82) is 0 Å². The molecule has 5 rings (SSSR count). The lowest BCUT2D eigenvalue weighted by atomic mass is 9.75. The molecule has 3 saturated heterocycles. The molecule has 2 bridgehead atoms. The van der Waals surface area contributed by atoms with E-state index in [0.717, 1.165) is 38.2 Å². The van der Waals surface area contributed by atoms with E-state index in [1.54, 1.807) is 6.20 Å². The van der Waals surface area contributed by atoms with Crippen molar-refractivity contribution >= 4 is 22.4 Å². The van der Waals surface area contributed by atoms with Gasteiger partial charge in [0.1, 0.15) is 0 Å². The Labute approximate surface area is 157 Å². The van der Waals surface area contributed by atoms with Crippen LogP contribution in [0.1, 0.15) is 39.3 Å². The van der Waals surface area contributed by atoms with Crippen molar-refractivity contribution in [3.8, 4) is 0 Å². The van der Waals surface area contributed by atoms with Crippen LogP contribution in [-0.2, 0) is 16.8 Å². The second-order valence-corrected chi connectivity index (χ2v) is 9.34. The quantitative estimate of drug-likeness (QED) is 0.889. The molecule has 0 spiro atoms. The summed E-state index contributed by atoms with van der Waals surface area (Å²) in [5.41, 5.74) is 1.04. The zero-order valence-electron chi connectivity index (χ0n) is 15.6. The van der Waals surface area contributed by atoms with E-state index in [0.29, 0.717) is 17.1 Å². The van der Waals surface area contributed by atoms with E-state index >= 15 is 0 Å². The number of piperidine rings is 3. The van der Waals surface area contributed by atoms with Gasteiger partial charge in [-0.2, -0.15) is 0 Å². The molecule has 0 radical (unpaired) electrons. The van der Waals surface area contributed by atoms with Crippen LogP contribution in [0.2, 0.25) is 0 Å². The molecule has 8 heteroatoms. The minimum absolute atomic E-state index is 0.0170. The van der Waals surface area contributed by atoms with Gasteiger partial charge in [-0.05, 0) is 25.3 Å². The van der Waals surface area contributed by atoms with Gasteiger partial charge in [0.2, 0.25) is 5.91 Å². The van der Waals surface area contributed by atoms with Gasteiger partial charge in [0.05, 0.1) is 18.2 Å². The highest BCUT2D eigenvalue weighted by molar-refractivity contribution is 7.13. The normalized spacial score (nSPS) is 28.3. The number of fused-ring (bicyclic) bond motifs is 3. The average Bonchev–Trinajstić information content (AvgIpc) is 3.27. The topological polar surface area (TPSA) is 75.9 Å². The number of carbonyl (C=O) groups is 1. The fourth-order valence-corrected chi connectivity index (χ4v) is 4.59. The summed E-state index contributed by atoms with van der Waals surface area (Å²) < 4.78 is 1.97.